The van der Waals surface area contributed by atoms with Gasteiger partial charge in [0.15, 0.2) is 0 Å². The molecule has 1 heterocycles. The monoisotopic (exact) mass is 152 g/mol. The predicted octanol–water partition coefficient (Wildman–Crippen LogP) is 1.58. The molecular weight excluding hydrogens is 136 g/mol. The fourth-order valence-corrected chi connectivity index (χ4v) is 1.68. The fraction of sp³-hybridized carbons (Fsp3) is 0.667. The lowest BCUT2D eigenvalue weighted by atomic mass is 9.95. The van der Waals surface area contributed by atoms with Crippen molar-refractivity contribution in [3.63, 3.8) is 0 Å². The highest BCUT2D eigenvalue weighted by Crippen LogP contribution is 2.18. The Balaban J connectivity index is 2.62. The molecule has 0 radical (unpaired) electrons. The Morgan fingerprint density at radius 2 is 2.36 bits per heavy atom. The van der Waals surface area contributed by atoms with Crippen molar-refractivity contribution in [2.45, 2.75) is 20.3 Å². The third-order valence-corrected chi connectivity index (χ3v) is 2.24. The molecule has 1 saturated heterocycles. The molecule has 2 heteroatoms. The van der Waals surface area contributed by atoms with E-state index in [0.29, 0.717) is 5.92 Å². The van der Waals surface area contributed by atoms with Gasteiger partial charge in [0, 0.05) is 12.3 Å². The molecule has 2 N–H and O–H groups in total. The van der Waals surface area contributed by atoms with Crippen LogP contribution in [0.2, 0.25) is 0 Å². The van der Waals surface area contributed by atoms with Crippen molar-refractivity contribution < 1.29 is 0 Å². The van der Waals surface area contributed by atoms with E-state index in [9.17, 15) is 0 Å². The highest BCUT2D eigenvalue weighted by atomic mass is 14.9. The number of nitrogens with one attached hydrogen (secondary N) is 2. The molecule has 0 aliphatic carbocycles. The highest BCUT2D eigenvalue weighted by Gasteiger charge is 2.18. The molecule has 0 spiro atoms. The average Bonchev–Trinajstić information content (AvgIpc) is 2.40. The summed E-state index contributed by atoms with van der Waals surface area (Å²) in [7, 11) is 0. The van der Waals surface area contributed by atoms with Gasteiger partial charge in [-0.1, -0.05) is 6.08 Å². The zero-order chi connectivity index (χ0) is 8.27. The third kappa shape index (κ3) is 1.90. The van der Waals surface area contributed by atoms with Gasteiger partial charge >= 0.3 is 0 Å². The SMILES string of the molecule is C/C=C(\C(C)=N)C1CCNC1. The van der Waals surface area contributed by atoms with E-state index in [1.165, 1.54) is 12.0 Å². The summed E-state index contributed by atoms with van der Waals surface area (Å²) >= 11 is 0. The minimum absolute atomic E-state index is 0.595. The van der Waals surface area contributed by atoms with Crippen molar-refractivity contribution in [2.75, 3.05) is 13.1 Å². The Morgan fingerprint density at radius 1 is 1.64 bits per heavy atom. The first-order chi connectivity index (χ1) is 5.25. The van der Waals surface area contributed by atoms with E-state index in [1.54, 1.807) is 0 Å². The third-order valence-electron chi connectivity index (χ3n) is 2.24. The largest absolute Gasteiger partial charge is 0.316 e. The smallest absolute Gasteiger partial charge is 0.0314 e. The quantitative estimate of drug-likeness (QED) is 0.579. The highest BCUT2D eigenvalue weighted by molar-refractivity contribution is 5.96. The van der Waals surface area contributed by atoms with Gasteiger partial charge in [0.2, 0.25) is 0 Å². The summed E-state index contributed by atoms with van der Waals surface area (Å²) in [5.74, 6) is 0.595. The maximum absolute atomic E-state index is 7.52. The van der Waals surface area contributed by atoms with Gasteiger partial charge in [-0.3, -0.25) is 0 Å². The molecule has 1 rings (SSSR count). The lowest BCUT2D eigenvalue weighted by molar-refractivity contribution is 0.704. The number of rotatable bonds is 2. The van der Waals surface area contributed by atoms with E-state index in [1.807, 2.05) is 13.8 Å². The Morgan fingerprint density at radius 3 is 2.73 bits per heavy atom. The molecule has 0 aromatic carbocycles. The summed E-state index contributed by atoms with van der Waals surface area (Å²) in [5.41, 5.74) is 1.94. The maximum Gasteiger partial charge on any atom is 0.0314 e. The van der Waals surface area contributed by atoms with E-state index in [4.69, 9.17) is 5.41 Å². The van der Waals surface area contributed by atoms with Crippen LogP contribution in [0.5, 0.6) is 0 Å². The van der Waals surface area contributed by atoms with Crippen LogP contribution >= 0.6 is 0 Å². The molecule has 2 nitrogen and oxygen atoms in total. The molecule has 0 bridgehead atoms. The van der Waals surface area contributed by atoms with E-state index < -0.39 is 0 Å². The molecule has 0 aromatic heterocycles. The Labute approximate surface area is 68.2 Å². The minimum atomic E-state index is 0.595. The van der Waals surface area contributed by atoms with Crippen LogP contribution in [-0.4, -0.2) is 18.8 Å². The molecular formula is C9H16N2. The van der Waals surface area contributed by atoms with Crippen LogP contribution in [-0.2, 0) is 0 Å². The molecule has 1 aliphatic rings. The molecule has 11 heavy (non-hydrogen) atoms. The number of allylic oxidation sites excluding steroid dienone is 1. The summed E-state index contributed by atoms with van der Waals surface area (Å²) in [6.45, 7) is 6.05. The minimum Gasteiger partial charge on any atom is -0.316 e. The summed E-state index contributed by atoms with van der Waals surface area (Å²) < 4.78 is 0. The fourth-order valence-electron chi connectivity index (χ4n) is 1.68. The van der Waals surface area contributed by atoms with Crippen molar-refractivity contribution in [2.24, 2.45) is 5.92 Å². The van der Waals surface area contributed by atoms with Crippen LogP contribution in [0, 0.1) is 11.3 Å². The summed E-state index contributed by atoms with van der Waals surface area (Å²) in [6.07, 6.45) is 3.26. The van der Waals surface area contributed by atoms with E-state index in [2.05, 4.69) is 11.4 Å². The van der Waals surface area contributed by atoms with Crippen LogP contribution < -0.4 is 5.32 Å². The first-order valence-electron chi connectivity index (χ1n) is 4.18. The van der Waals surface area contributed by atoms with E-state index in [0.717, 1.165) is 18.8 Å². The van der Waals surface area contributed by atoms with Crippen LogP contribution in [0.3, 0.4) is 0 Å². The molecule has 1 fully saturated rings. The van der Waals surface area contributed by atoms with Gasteiger partial charge in [0.25, 0.3) is 0 Å². The molecule has 62 valence electrons. The van der Waals surface area contributed by atoms with Crippen molar-refractivity contribution in [1.29, 1.82) is 5.41 Å². The lowest BCUT2D eigenvalue weighted by Crippen LogP contribution is -2.14. The molecule has 1 unspecified atom stereocenters. The van der Waals surface area contributed by atoms with Gasteiger partial charge in [-0.15, -0.1) is 0 Å². The van der Waals surface area contributed by atoms with Crippen molar-refractivity contribution in [3.05, 3.63) is 11.6 Å². The van der Waals surface area contributed by atoms with Gasteiger partial charge in [-0.2, -0.15) is 0 Å². The van der Waals surface area contributed by atoms with Gasteiger partial charge in [-0.05, 0) is 38.3 Å². The van der Waals surface area contributed by atoms with Gasteiger partial charge in [-0.25, -0.2) is 0 Å². The van der Waals surface area contributed by atoms with Crippen LogP contribution in [0.4, 0.5) is 0 Å². The molecule has 0 aromatic rings. The van der Waals surface area contributed by atoms with Crippen LogP contribution in [0.15, 0.2) is 11.6 Å². The Kier molecular flexibility index (Phi) is 2.83. The topological polar surface area (TPSA) is 35.9 Å². The number of hydrogen-bond acceptors (Lipinski definition) is 2. The lowest BCUT2D eigenvalue weighted by Gasteiger charge is -2.11. The van der Waals surface area contributed by atoms with Crippen molar-refractivity contribution in [3.8, 4) is 0 Å². The normalized spacial score (nSPS) is 25.6. The second-order valence-electron chi connectivity index (χ2n) is 3.06. The zero-order valence-corrected chi connectivity index (χ0v) is 7.28. The average molecular weight is 152 g/mol. The van der Waals surface area contributed by atoms with E-state index >= 15 is 0 Å². The van der Waals surface area contributed by atoms with Crippen LogP contribution in [0.25, 0.3) is 0 Å². The molecule has 0 amide bonds. The summed E-state index contributed by atoms with van der Waals surface area (Å²) in [5, 5.41) is 10.8. The molecule has 1 aliphatic heterocycles. The first-order valence-corrected chi connectivity index (χ1v) is 4.18. The second kappa shape index (κ2) is 3.67. The zero-order valence-electron chi connectivity index (χ0n) is 7.28. The Bertz CT molecular complexity index is 176. The van der Waals surface area contributed by atoms with Gasteiger partial charge in [0.1, 0.15) is 0 Å². The number of hydrogen-bond donors (Lipinski definition) is 2. The molecule has 1 atom stereocenters. The summed E-state index contributed by atoms with van der Waals surface area (Å²) in [6, 6.07) is 0. The Hall–Kier alpha value is -0.630. The second-order valence-corrected chi connectivity index (χ2v) is 3.06. The molecule has 0 saturated carbocycles. The van der Waals surface area contributed by atoms with E-state index in [-0.39, 0.29) is 0 Å². The first kappa shape index (κ1) is 8.47. The summed E-state index contributed by atoms with van der Waals surface area (Å²) in [4.78, 5) is 0. The van der Waals surface area contributed by atoms with Crippen molar-refractivity contribution in [1.82, 2.24) is 5.32 Å². The van der Waals surface area contributed by atoms with Gasteiger partial charge in [0.05, 0.1) is 0 Å². The van der Waals surface area contributed by atoms with Crippen LogP contribution in [0.1, 0.15) is 20.3 Å². The standard InChI is InChI=1S/C9H16N2/c1-3-9(7(2)10)8-4-5-11-6-8/h3,8,10-11H,4-6H2,1-2H3/b9-3+,10-7?. The maximum atomic E-state index is 7.52. The van der Waals surface area contributed by atoms with Crippen molar-refractivity contribution >= 4 is 5.71 Å². The van der Waals surface area contributed by atoms with Gasteiger partial charge < -0.3 is 10.7 Å². The predicted molar refractivity (Wildman–Crippen MR) is 48.1 cm³/mol.